The van der Waals surface area contributed by atoms with Gasteiger partial charge in [-0.2, -0.15) is 0 Å². The van der Waals surface area contributed by atoms with Crippen LogP contribution in [0.2, 0.25) is 0 Å². The molecule has 1 heterocycles. The summed E-state index contributed by atoms with van der Waals surface area (Å²) in [5.74, 6) is 0.995. The highest BCUT2D eigenvalue weighted by Crippen LogP contribution is 2.26. The van der Waals surface area contributed by atoms with E-state index >= 15 is 0 Å². The van der Waals surface area contributed by atoms with E-state index in [1.54, 1.807) is 10.8 Å². The van der Waals surface area contributed by atoms with Crippen LogP contribution in [-0.2, 0) is 6.54 Å². The fourth-order valence-corrected chi connectivity index (χ4v) is 4.05. The minimum absolute atomic E-state index is 0.309. The zero-order valence-electron chi connectivity index (χ0n) is 18.1. The van der Waals surface area contributed by atoms with E-state index in [0.717, 1.165) is 38.0 Å². The molecule has 1 fully saturated rings. The molecule has 2 N–H and O–H groups in total. The molecule has 0 amide bonds. The number of aromatic nitrogens is 2. The topological polar surface area (TPSA) is 76.1 Å². The van der Waals surface area contributed by atoms with Crippen molar-refractivity contribution in [1.29, 1.82) is 0 Å². The van der Waals surface area contributed by atoms with E-state index in [4.69, 9.17) is 4.74 Å². The SMILES string of the molecule is C[C@@H](NCCCCCCCn1ccc(=O)[nH]c1=O)c1cccc(OC2CCCC2)c1. The van der Waals surface area contributed by atoms with Crippen LogP contribution < -0.4 is 21.3 Å². The van der Waals surface area contributed by atoms with Gasteiger partial charge < -0.3 is 14.6 Å². The third-order valence-corrected chi connectivity index (χ3v) is 5.89. The van der Waals surface area contributed by atoms with E-state index in [9.17, 15) is 9.59 Å². The molecule has 0 bridgehead atoms. The minimum atomic E-state index is -0.342. The second-order valence-electron chi connectivity index (χ2n) is 8.34. The Bertz CT molecular complexity index is 884. The summed E-state index contributed by atoms with van der Waals surface area (Å²) in [5.41, 5.74) is 0.612. The van der Waals surface area contributed by atoms with Crippen LogP contribution in [-0.4, -0.2) is 22.2 Å². The average Bonchev–Trinajstić information content (AvgIpc) is 3.24. The van der Waals surface area contributed by atoms with Crippen molar-refractivity contribution in [2.24, 2.45) is 0 Å². The maximum Gasteiger partial charge on any atom is 0.328 e. The Morgan fingerprint density at radius 2 is 1.87 bits per heavy atom. The third-order valence-electron chi connectivity index (χ3n) is 5.89. The lowest BCUT2D eigenvalue weighted by molar-refractivity contribution is 0.209. The number of hydrogen-bond donors (Lipinski definition) is 2. The van der Waals surface area contributed by atoms with Crippen molar-refractivity contribution in [3.05, 3.63) is 62.9 Å². The molecule has 2 aromatic rings. The molecule has 0 saturated heterocycles. The number of ether oxygens (including phenoxy) is 1. The van der Waals surface area contributed by atoms with E-state index in [2.05, 4.69) is 41.5 Å². The molecule has 1 aliphatic rings. The number of aromatic amines is 1. The van der Waals surface area contributed by atoms with Gasteiger partial charge in [-0.25, -0.2) is 4.79 Å². The van der Waals surface area contributed by atoms with E-state index in [1.165, 1.54) is 43.7 Å². The van der Waals surface area contributed by atoms with Gasteiger partial charge in [-0.15, -0.1) is 0 Å². The molecule has 1 aromatic carbocycles. The van der Waals surface area contributed by atoms with E-state index < -0.39 is 0 Å². The summed E-state index contributed by atoms with van der Waals surface area (Å²) in [4.78, 5) is 25.0. The van der Waals surface area contributed by atoms with Gasteiger partial charge in [0.15, 0.2) is 0 Å². The first kappa shape index (κ1) is 22.3. The Balaban J connectivity index is 1.28. The number of aryl methyl sites for hydroxylation is 1. The van der Waals surface area contributed by atoms with Crippen LogP contribution in [0, 0.1) is 0 Å². The highest BCUT2D eigenvalue weighted by Gasteiger charge is 2.16. The quantitative estimate of drug-likeness (QED) is 0.512. The summed E-state index contributed by atoms with van der Waals surface area (Å²) < 4.78 is 7.69. The molecule has 6 heteroatoms. The number of unbranched alkanes of at least 4 members (excludes halogenated alkanes) is 4. The van der Waals surface area contributed by atoms with E-state index in [-0.39, 0.29) is 11.2 Å². The number of benzene rings is 1. The van der Waals surface area contributed by atoms with Crippen LogP contribution in [0.25, 0.3) is 0 Å². The molecule has 3 rings (SSSR count). The van der Waals surface area contributed by atoms with Gasteiger partial charge in [-0.1, -0.05) is 31.4 Å². The zero-order chi connectivity index (χ0) is 21.2. The van der Waals surface area contributed by atoms with E-state index in [0.29, 0.717) is 18.7 Å². The lowest BCUT2D eigenvalue weighted by Crippen LogP contribution is -2.28. The summed E-state index contributed by atoms with van der Waals surface area (Å²) in [6, 6.07) is 10.2. The molecule has 1 aromatic heterocycles. The average molecular weight is 414 g/mol. The van der Waals surface area contributed by atoms with Gasteiger partial charge in [0.1, 0.15) is 5.75 Å². The van der Waals surface area contributed by atoms with Crippen LogP contribution >= 0.6 is 0 Å². The number of nitrogens with zero attached hydrogens (tertiary/aromatic N) is 1. The monoisotopic (exact) mass is 413 g/mol. The number of H-pyrrole nitrogens is 1. The summed E-state index contributed by atoms with van der Waals surface area (Å²) in [5, 5.41) is 3.61. The normalized spacial score (nSPS) is 15.4. The predicted octanol–water partition coefficient (Wildman–Crippen LogP) is 4.16. The summed E-state index contributed by atoms with van der Waals surface area (Å²) in [7, 11) is 0. The Morgan fingerprint density at radius 1 is 1.10 bits per heavy atom. The Morgan fingerprint density at radius 3 is 2.67 bits per heavy atom. The number of hydrogen-bond acceptors (Lipinski definition) is 4. The van der Waals surface area contributed by atoms with Crippen molar-refractivity contribution in [1.82, 2.24) is 14.9 Å². The molecule has 1 atom stereocenters. The van der Waals surface area contributed by atoms with Crippen molar-refractivity contribution in [2.45, 2.75) is 83.4 Å². The van der Waals surface area contributed by atoms with Crippen molar-refractivity contribution in [2.75, 3.05) is 6.54 Å². The first-order chi connectivity index (χ1) is 14.6. The maximum absolute atomic E-state index is 11.6. The largest absolute Gasteiger partial charge is 0.490 e. The van der Waals surface area contributed by atoms with Gasteiger partial charge in [-0.05, 0) is 69.7 Å². The van der Waals surface area contributed by atoms with Crippen molar-refractivity contribution in [3.63, 3.8) is 0 Å². The van der Waals surface area contributed by atoms with Gasteiger partial charge >= 0.3 is 5.69 Å². The fraction of sp³-hybridized carbons (Fsp3) is 0.583. The van der Waals surface area contributed by atoms with Crippen LogP contribution in [0.4, 0.5) is 0 Å². The molecule has 0 radical (unpaired) electrons. The molecule has 30 heavy (non-hydrogen) atoms. The lowest BCUT2D eigenvalue weighted by Gasteiger charge is -2.17. The summed E-state index contributed by atoms with van der Waals surface area (Å²) in [6.45, 7) is 3.86. The predicted molar refractivity (Wildman–Crippen MR) is 120 cm³/mol. The first-order valence-corrected chi connectivity index (χ1v) is 11.4. The molecule has 0 spiro atoms. The van der Waals surface area contributed by atoms with Gasteiger partial charge in [0, 0.05) is 24.8 Å². The molecule has 1 aliphatic carbocycles. The van der Waals surface area contributed by atoms with Gasteiger partial charge in [0.2, 0.25) is 0 Å². The second-order valence-corrected chi connectivity index (χ2v) is 8.34. The molecule has 6 nitrogen and oxygen atoms in total. The van der Waals surface area contributed by atoms with Gasteiger partial charge in [0.05, 0.1) is 6.10 Å². The minimum Gasteiger partial charge on any atom is -0.490 e. The highest BCUT2D eigenvalue weighted by atomic mass is 16.5. The van der Waals surface area contributed by atoms with Crippen molar-refractivity contribution < 1.29 is 4.74 Å². The number of rotatable bonds is 12. The van der Waals surface area contributed by atoms with Crippen LogP contribution in [0.3, 0.4) is 0 Å². The molecule has 1 saturated carbocycles. The summed E-state index contributed by atoms with van der Waals surface area (Å²) >= 11 is 0. The molecular formula is C24H35N3O3. The van der Waals surface area contributed by atoms with E-state index in [1.807, 2.05) is 0 Å². The molecule has 0 unspecified atom stereocenters. The van der Waals surface area contributed by atoms with Crippen LogP contribution in [0.5, 0.6) is 5.75 Å². The Hall–Kier alpha value is -2.34. The summed E-state index contributed by atoms with van der Waals surface area (Å²) in [6.07, 6.45) is 12.4. The smallest absolute Gasteiger partial charge is 0.328 e. The van der Waals surface area contributed by atoms with Crippen molar-refractivity contribution >= 4 is 0 Å². The Labute approximate surface area is 178 Å². The molecular weight excluding hydrogens is 378 g/mol. The van der Waals surface area contributed by atoms with Crippen LogP contribution in [0.15, 0.2) is 46.1 Å². The number of nitrogens with one attached hydrogen (secondary N) is 2. The highest BCUT2D eigenvalue weighted by molar-refractivity contribution is 5.30. The van der Waals surface area contributed by atoms with Crippen molar-refractivity contribution in [3.8, 4) is 5.75 Å². The second kappa shape index (κ2) is 11.7. The lowest BCUT2D eigenvalue weighted by atomic mass is 10.1. The first-order valence-electron chi connectivity index (χ1n) is 11.4. The fourth-order valence-electron chi connectivity index (χ4n) is 4.05. The van der Waals surface area contributed by atoms with Gasteiger partial charge in [-0.3, -0.25) is 9.78 Å². The Kier molecular flexibility index (Phi) is 8.75. The standard InChI is InChI=1S/C24H35N3O3/c1-19(20-10-9-13-22(18-20)30-21-11-5-6-12-21)25-15-7-3-2-4-8-16-27-17-14-23(28)26-24(27)29/h9-10,13-14,17-19,21,25H,2-8,11-12,15-16H2,1H3,(H,26,28,29)/t19-/m1/s1. The molecule has 0 aliphatic heterocycles. The van der Waals surface area contributed by atoms with Crippen LogP contribution in [0.1, 0.15) is 76.3 Å². The third kappa shape index (κ3) is 7.17. The maximum atomic E-state index is 11.6. The van der Waals surface area contributed by atoms with Gasteiger partial charge in [0.25, 0.3) is 5.56 Å². The molecule has 164 valence electrons. The zero-order valence-corrected chi connectivity index (χ0v) is 18.1.